The smallest absolute Gasteiger partial charge is 0.320 e. The minimum absolute atomic E-state index is 0.456. The number of nitrogens with one attached hydrogen (secondary N) is 1. The molecule has 0 saturated carbocycles. The maximum atomic E-state index is 11.1. The molecule has 1 rings (SSSR count). The number of hydrogen-bond donors (Lipinski definition) is 2. The summed E-state index contributed by atoms with van der Waals surface area (Å²) in [5, 5.41) is 12.3. The molecule has 0 aliphatic rings. The number of carboxylic acids is 1. The molecule has 0 aliphatic heterocycles. The Morgan fingerprint density at radius 2 is 2.16 bits per heavy atom. The zero-order chi connectivity index (χ0) is 14.1. The molecule has 0 radical (unpaired) electrons. The van der Waals surface area contributed by atoms with Gasteiger partial charge in [-0.25, -0.2) is 0 Å². The number of carbonyl (C=O) groups is 1. The molecule has 0 spiro atoms. The molecule has 3 nitrogen and oxygen atoms in total. The molecule has 0 heterocycles. The van der Waals surface area contributed by atoms with Crippen LogP contribution in [0.1, 0.15) is 30.9 Å². The summed E-state index contributed by atoms with van der Waals surface area (Å²) in [6.07, 6.45) is 4.85. The highest BCUT2D eigenvalue weighted by atomic mass is 32.2. The van der Waals surface area contributed by atoms with Gasteiger partial charge in [-0.1, -0.05) is 37.6 Å². The fourth-order valence-electron chi connectivity index (χ4n) is 1.97. The van der Waals surface area contributed by atoms with Crippen molar-refractivity contribution in [3.8, 4) is 0 Å². The van der Waals surface area contributed by atoms with Crippen LogP contribution >= 0.6 is 11.8 Å². The molecule has 1 unspecified atom stereocenters. The van der Waals surface area contributed by atoms with Crippen molar-refractivity contribution in [3.05, 3.63) is 35.4 Å². The number of aliphatic carboxylic acids is 1. The summed E-state index contributed by atoms with van der Waals surface area (Å²) in [4.78, 5) is 11.1. The number of hydrogen-bond acceptors (Lipinski definition) is 3. The van der Waals surface area contributed by atoms with Crippen LogP contribution in [0.15, 0.2) is 24.3 Å². The Labute approximate surface area is 119 Å². The van der Waals surface area contributed by atoms with Gasteiger partial charge >= 0.3 is 5.97 Å². The van der Waals surface area contributed by atoms with Crippen molar-refractivity contribution in [1.29, 1.82) is 0 Å². The van der Waals surface area contributed by atoms with Crippen molar-refractivity contribution >= 4 is 17.7 Å². The Morgan fingerprint density at radius 1 is 1.42 bits per heavy atom. The lowest BCUT2D eigenvalue weighted by Gasteiger charge is -2.14. The standard InChI is InChI=1S/C15H23NO2S/c1-3-5-12-6-4-7-13(10-12)11-16-14(15(17)18)8-9-19-2/h4,6-7,10,14,16H,3,5,8-9,11H2,1-2H3,(H,17,18). The molecule has 1 aromatic rings. The highest BCUT2D eigenvalue weighted by molar-refractivity contribution is 7.98. The zero-order valence-electron chi connectivity index (χ0n) is 11.7. The third kappa shape index (κ3) is 6.12. The first-order valence-corrected chi connectivity index (χ1v) is 8.09. The SMILES string of the molecule is CCCc1cccc(CNC(CCSC)C(=O)O)c1. The predicted octanol–water partition coefficient (Wildman–Crippen LogP) is 2.94. The minimum atomic E-state index is -0.765. The van der Waals surface area contributed by atoms with E-state index in [1.54, 1.807) is 11.8 Å². The van der Waals surface area contributed by atoms with Crippen molar-refractivity contribution < 1.29 is 9.90 Å². The van der Waals surface area contributed by atoms with Gasteiger partial charge in [0.15, 0.2) is 0 Å². The van der Waals surface area contributed by atoms with Gasteiger partial charge in [-0.15, -0.1) is 0 Å². The van der Waals surface area contributed by atoms with E-state index in [0.29, 0.717) is 13.0 Å². The summed E-state index contributed by atoms with van der Waals surface area (Å²) in [5.41, 5.74) is 2.47. The van der Waals surface area contributed by atoms with Crippen LogP contribution in [0.2, 0.25) is 0 Å². The van der Waals surface area contributed by atoms with E-state index in [0.717, 1.165) is 24.2 Å². The van der Waals surface area contributed by atoms with E-state index in [-0.39, 0.29) is 0 Å². The van der Waals surface area contributed by atoms with E-state index < -0.39 is 12.0 Å². The van der Waals surface area contributed by atoms with Gasteiger partial charge < -0.3 is 10.4 Å². The molecule has 1 atom stereocenters. The second kappa shape index (κ2) is 8.99. The second-order valence-electron chi connectivity index (χ2n) is 4.62. The van der Waals surface area contributed by atoms with E-state index in [4.69, 9.17) is 5.11 Å². The topological polar surface area (TPSA) is 49.3 Å². The monoisotopic (exact) mass is 281 g/mol. The van der Waals surface area contributed by atoms with E-state index >= 15 is 0 Å². The van der Waals surface area contributed by atoms with Gasteiger partial charge in [0.1, 0.15) is 6.04 Å². The first kappa shape index (κ1) is 16.1. The Bertz CT molecular complexity index is 395. The van der Waals surface area contributed by atoms with Gasteiger partial charge in [-0.05, 0) is 36.0 Å². The van der Waals surface area contributed by atoms with Crippen molar-refractivity contribution in [2.24, 2.45) is 0 Å². The Morgan fingerprint density at radius 3 is 2.79 bits per heavy atom. The lowest BCUT2D eigenvalue weighted by atomic mass is 10.1. The summed E-state index contributed by atoms with van der Waals surface area (Å²) < 4.78 is 0. The van der Waals surface area contributed by atoms with Gasteiger partial charge in [-0.2, -0.15) is 11.8 Å². The summed E-state index contributed by atoms with van der Waals surface area (Å²) >= 11 is 1.67. The molecular weight excluding hydrogens is 258 g/mol. The fraction of sp³-hybridized carbons (Fsp3) is 0.533. The molecule has 0 aromatic heterocycles. The molecular formula is C15H23NO2S. The van der Waals surface area contributed by atoms with Crippen LogP contribution in [0.25, 0.3) is 0 Å². The first-order valence-electron chi connectivity index (χ1n) is 6.70. The molecule has 106 valence electrons. The molecule has 0 saturated heterocycles. The molecule has 0 fully saturated rings. The molecule has 4 heteroatoms. The van der Waals surface area contributed by atoms with Crippen LogP contribution < -0.4 is 5.32 Å². The average Bonchev–Trinajstić information content (AvgIpc) is 2.39. The van der Waals surface area contributed by atoms with Crippen molar-refractivity contribution in [2.45, 2.75) is 38.8 Å². The van der Waals surface area contributed by atoms with Crippen LogP contribution in [-0.2, 0) is 17.8 Å². The van der Waals surface area contributed by atoms with Gasteiger partial charge in [0.2, 0.25) is 0 Å². The van der Waals surface area contributed by atoms with Crippen LogP contribution in [-0.4, -0.2) is 29.1 Å². The third-order valence-electron chi connectivity index (χ3n) is 2.99. The van der Waals surface area contributed by atoms with Crippen LogP contribution in [0.3, 0.4) is 0 Å². The summed E-state index contributed by atoms with van der Waals surface area (Å²) in [6, 6.07) is 7.90. The Balaban J connectivity index is 2.53. The van der Waals surface area contributed by atoms with Crippen LogP contribution in [0.4, 0.5) is 0 Å². The molecule has 1 aromatic carbocycles. The number of aryl methyl sites for hydroxylation is 1. The average molecular weight is 281 g/mol. The van der Waals surface area contributed by atoms with Crippen molar-refractivity contribution in [2.75, 3.05) is 12.0 Å². The quantitative estimate of drug-likeness (QED) is 0.730. The fourth-order valence-corrected chi connectivity index (χ4v) is 2.44. The Kier molecular flexibility index (Phi) is 7.60. The largest absolute Gasteiger partial charge is 0.480 e. The van der Waals surface area contributed by atoms with E-state index in [1.165, 1.54) is 5.56 Å². The highest BCUT2D eigenvalue weighted by Crippen LogP contribution is 2.08. The van der Waals surface area contributed by atoms with E-state index in [2.05, 4.69) is 24.4 Å². The predicted molar refractivity (Wildman–Crippen MR) is 81.7 cm³/mol. The van der Waals surface area contributed by atoms with Gasteiger partial charge in [-0.3, -0.25) is 4.79 Å². The van der Waals surface area contributed by atoms with Gasteiger partial charge in [0.05, 0.1) is 0 Å². The number of benzene rings is 1. The van der Waals surface area contributed by atoms with E-state index in [1.807, 2.05) is 18.4 Å². The lowest BCUT2D eigenvalue weighted by molar-refractivity contribution is -0.139. The maximum absolute atomic E-state index is 11.1. The summed E-state index contributed by atoms with van der Waals surface area (Å²) in [5.74, 6) is 0.0959. The van der Waals surface area contributed by atoms with Crippen LogP contribution in [0, 0.1) is 0 Å². The third-order valence-corrected chi connectivity index (χ3v) is 3.64. The number of carboxylic acid groups (broad SMARTS) is 1. The van der Waals surface area contributed by atoms with Crippen LogP contribution in [0.5, 0.6) is 0 Å². The molecule has 0 aliphatic carbocycles. The molecule has 0 amide bonds. The minimum Gasteiger partial charge on any atom is -0.480 e. The molecule has 0 bridgehead atoms. The Hall–Kier alpha value is -1.00. The van der Waals surface area contributed by atoms with E-state index in [9.17, 15) is 4.79 Å². The van der Waals surface area contributed by atoms with Gasteiger partial charge in [0, 0.05) is 6.54 Å². The van der Waals surface area contributed by atoms with Gasteiger partial charge in [0.25, 0.3) is 0 Å². The molecule has 19 heavy (non-hydrogen) atoms. The second-order valence-corrected chi connectivity index (χ2v) is 5.61. The number of thioether (sulfide) groups is 1. The summed E-state index contributed by atoms with van der Waals surface area (Å²) in [6.45, 7) is 2.77. The number of rotatable bonds is 9. The maximum Gasteiger partial charge on any atom is 0.320 e. The summed E-state index contributed by atoms with van der Waals surface area (Å²) in [7, 11) is 0. The van der Waals surface area contributed by atoms with Crippen molar-refractivity contribution in [1.82, 2.24) is 5.32 Å². The zero-order valence-corrected chi connectivity index (χ0v) is 12.5. The normalized spacial score (nSPS) is 12.3. The van der Waals surface area contributed by atoms with Crippen molar-refractivity contribution in [3.63, 3.8) is 0 Å². The molecule has 2 N–H and O–H groups in total. The first-order chi connectivity index (χ1) is 9.17. The lowest BCUT2D eigenvalue weighted by Crippen LogP contribution is -2.36. The highest BCUT2D eigenvalue weighted by Gasteiger charge is 2.15.